The van der Waals surface area contributed by atoms with E-state index in [0.717, 1.165) is 18.8 Å². The Morgan fingerprint density at radius 3 is 2.89 bits per heavy atom. The van der Waals surface area contributed by atoms with Gasteiger partial charge in [-0.1, -0.05) is 31.4 Å². The number of pyridine rings is 1. The van der Waals surface area contributed by atoms with Crippen molar-refractivity contribution in [3.8, 4) is 0 Å². The molecule has 3 N–H and O–H groups in total. The fraction of sp³-hybridized carbons (Fsp3) is 0.571. The van der Waals surface area contributed by atoms with E-state index in [0.29, 0.717) is 5.56 Å². The van der Waals surface area contributed by atoms with Crippen LogP contribution in [0.25, 0.3) is 0 Å². The zero-order valence-electron chi connectivity index (χ0n) is 11.2. The van der Waals surface area contributed by atoms with Crippen molar-refractivity contribution < 1.29 is 4.79 Å². The van der Waals surface area contributed by atoms with Crippen LogP contribution in [-0.4, -0.2) is 16.9 Å². The highest BCUT2D eigenvalue weighted by Crippen LogP contribution is 2.23. The molecule has 1 saturated carbocycles. The van der Waals surface area contributed by atoms with Crippen LogP contribution in [0.4, 0.5) is 5.82 Å². The van der Waals surface area contributed by atoms with Gasteiger partial charge in [0.05, 0.1) is 0 Å². The highest BCUT2D eigenvalue weighted by Gasteiger charge is 2.19. The van der Waals surface area contributed by atoms with Gasteiger partial charge in [0.15, 0.2) is 0 Å². The lowest BCUT2D eigenvalue weighted by Gasteiger charge is -2.16. The molecule has 1 aromatic heterocycles. The summed E-state index contributed by atoms with van der Waals surface area (Å²) in [5.41, 5.74) is 6.08. The number of rotatable bonds is 2. The van der Waals surface area contributed by atoms with Crippen LogP contribution in [0.2, 0.25) is 5.15 Å². The highest BCUT2D eigenvalue weighted by atomic mass is 35.5. The zero-order valence-corrected chi connectivity index (χ0v) is 11.9. The van der Waals surface area contributed by atoms with Crippen LogP contribution in [-0.2, 0) is 0 Å². The average Bonchev–Trinajstić information content (AvgIpc) is 2.53. The van der Waals surface area contributed by atoms with Crippen molar-refractivity contribution in [1.29, 1.82) is 0 Å². The van der Waals surface area contributed by atoms with Crippen molar-refractivity contribution in [3.63, 3.8) is 0 Å². The number of amides is 1. The summed E-state index contributed by atoms with van der Waals surface area (Å²) in [7, 11) is 0. The van der Waals surface area contributed by atoms with E-state index in [-0.39, 0.29) is 22.9 Å². The first kappa shape index (κ1) is 14.1. The van der Waals surface area contributed by atoms with Gasteiger partial charge in [0.25, 0.3) is 5.91 Å². The summed E-state index contributed by atoms with van der Waals surface area (Å²) in [6.07, 6.45) is 5.68. The Labute approximate surface area is 118 Å². The third-order valence-corrected chi connectivity index (χ3v) is 3.86. The second-order valence-corrected chi connectivity index (χ2v) is 5.77. The Balaban J connectivity index is 2.00. The molecule has 1 amide bonds. The van der Waals surface area contributed by atoms with Crippen LogP contribution in [0.15, 0.2) is 12.1 Å². The van der Waals surface area contributed by atoms with Gasteiger partial charge in [-0.05, 0) is 37.3 Å². The summed E-state index contributed by atoms with van der Waals surface area (Å²) in [6.45, 7) is 2.27. The van der Waals surface area contributed by atoms with Crippen molar-refractivity contribution in [2.24, 2.45) is 5.92 Å². The molecule has 1 heterocycles. The Morgan fingerprint density at radius 1 is 1.37 bits per heavy atom. The quantitative estimate of drug-likeness (QED) is 0.647. The SMILES string of the molecule is CC1CCCC(NC(=O)c2cc(N)nc(Cl)c2)CC1. The predicted molar refractivity (Wildman–Crippen MR) is 77.2 cm³/mol. The number of hydrogen-bond acceptors (Lipinski definition) is 3. The van der Waals surface area contributed by atoms with E-state index in [4.69, 9.17) is 17.3 Å². The number of nitrogens with zero attached hydrogens (tertiary/aromatic N) is 1. The summed E-state index contributed by atoms with van der Waals surface area (Å²) in [4.78, 5) is 16.0. The molecule has 0 aromatic carbocycles. The van der Waals surface area contributed by atoms with Gasteiger partial charge < -0.3 is 11.1 Å². The second-order valence-electron chi connectivity index (χ2n) is 5.39. The molecule has 4 nitrogen and oxygen atoms in total. The maximum atomic E-state index is 12.2. The molecule has 1 aromatic rings. The normalized spacial score (nSPS) is 23.7. The summed E-state index contributed by atoms with van der Waals surface area (Å²) in [5, 5.41) is 3.32. The van der Waals surface area contributed by atoms with Gasteiger partial charge in [0, 0.05) is 11.6 Å². The zero-order chi connectivity index (χ0) is 13.8. The van der Waals surface area contributed by atoms with Gasteiger partial charge in [0.2, 0.25) is 0 Å². The Hall–Kier alpha value is -1.29. The van der Waals surface area contributed by atoms with E-state index < -0.39 is 0 Å². The van der Waals surface area contributed by atoms with Crippen LogP contribution < -0.4 is 11.1 Å². The average molecular weight is 282 g/mol. The fourth-order valence-corrected chi connectivity index (χ4v) is 2.76. The number of anilines is 1. The largest absolute Gasteiger partial charge is 0.384 e. The number of nitrogens with two attached hydrogens (primary N) is 1. The van der Waals surface area contributed by atoms with Gasteiger partial charge in [-0.3, -0.25) is 4.79 Å². The minimum atomic E-state index is -0.115. The lowest BCUT2D eigenvalue weighted by atomic mass is 10.0. The molecule has 0 aliphatic heterocycles. The molecule has 5 heteroatoms. The number of nitrogens with one attached hydrogen (secondary N) is 1. The second kappa shape index (κ2) is 6.24. The molecule has 1 aliphatic carbocycles. The van der Waals surface area contributed by atoms with Crippen molar-refractivity contribution in [1.82, 2.24) is 10.3 Å². The first-order chi connectivity index (χ1) is 9.04. The van der Waals surface area contributed by atoms with E-state index in [1.165, 1.54) is 19.3 Å². The molecule has 0 radical (unpaired) electrons. The smallest absolute Gasteiger partial charge is 0.251 e. The van der Waals surface area contributed by atoms with E-state index in [9.17, 15) is 4.79 Å². The lowest BCUT2D eigenvalue weighted by molar-refractivity contribution is 0.0933. The molecule has 0 saturated heterocycles. The van der Waals surface area contributed by atoms with Crippen LogP contribution in [0.1, 0.15) is 49.4 Å². The first-order valence-electron chi connectivity index (χ1n) is 6.78. The molecule has 19 heavy (non-hydrogen) atoms. The predicted octanol–water partition coefficient (Wildman–Crippen LogP) is 3.02. The first-order valence-corrected chi connectivity index (χ1v) is 7.16. The van der Waals surface area contributed by atoms with Gasteiger partial charge in [0.1, 0.15) is 11.0 Å². The number of nitrogen functional groups attached to an aromatic ring is 1. The molecular weight excluding hydrogens is 262 g/mol. The van der Waals surface area contributed by atoms with Gasteiger partial charge in [-0.15, -0.1) is 0 Å². The Morgan fingerprint density at radius 2 is 2.16 bits per heavy atom. The minimum absolute atomic E-state index is 0.115. The molecule has 2 atom stereocenters. The molecule has 2 unspecified atom stereocenters. The van der Waals surface area contributed by atoms with E-state index in [2.05, 4.69) is 17.2 Å². The van der Waals surface area contributed by atoms with Gasteiger partial charge >= 0.3 is 0 Å². The summed E-state index contributed by atoms with van der Waals surface area (Å²) in [5.74, 6) is 0.913. The monoisotopic (exact) mass is 281 g/mol. The van der Waals surface area contributed by atoms with Crippen LogP contribution in [0.5, 0.6) is 0 Å². The van der Waals surface area contributed by atoms with Crippen molar-refractivity contribution >= 4 is 23.3 Å². The van der Waals surface area contributed by atoms with Crippen LogP contribution >= 0.6 is 11.6 Å². The molecule has 1 fully saturated rings. The Kier molecular flexibility index (Phi) is 4.64. The van der Waals surface area contributed by atoms with Crippen molar-refractivity contribution in [2.45, 2.75) is 45.1 Å². The maximum Gasteiger partial charge on any atom is 0.251 e. The third kappa shape index (κ3) is 4.10. The third-order valence-electron chi connectivity index (χ3n) is 3.67. The van der Waals surface area contributed by atoms with Crippen molar-refractivity contribution in [3.05, 3.63) is 22.8 Å². The number of carbonyl (C=O) groups is 1. The highest BCUT2D eigenvalue weighted by molar-refractivity contribution is 6.29. The maximum absolute atomic E-state index is 12.2. The number of aromatic nitrogens is 1. The number of halogens is 1. The topological polar surface area (TPSA) is 68.0 Å². The summed E-state index contributed by atoms with van der Waals surface area (Å²) >= 11 is 5.81. The molecule has 2 rings (SSSR count). The van der Waals surface area contributed by atoms with Crippen LogP contribution in [0, 0.1) is 5.92 Å². The van der Waals surface area contributed by atoms with Gasteiger partial charge in [-0.25, -0.2) is 4.98 Å². The standard InChI is InChI=1S/C14H20ClN3O/c1-9-3-2-4-11(6-5-9)17-14(19)10-7-12(15)18-13(16)8-10/h7-9,11H,2-6H2,1H3,(H2,16,18)(H,17,19). The lowest BCUT2D eigenvalue weighted by Crippen LogP contribution is -2.34. The molecule has 104 valence electrons. The Bertz CT molecular complexity index is 444. The fourth-order valence-electron chi connectivity index (χ4n) is 2.55. The van der Waals surface area contributed by atoms with Crippen LogP contribution in [0.3, 0.4) is 0 Å². The molecule has 0 bridgehead atoms. The van der Waals surface area contributed by atoms with Gasteiger partial charge in [-0.2, -0.15) is 0 Å². The van der Waals surface area contributed by atoms with E-state index in [1.807, 2.05) is 0 Å². The minimum Gasteiger partial charge on any atom is -0.384 e. The summed E-state index contributed by atoms with van der Waals surface area (Å²) in [6, 6.07) is 3.36. The number of hydrogen-bond donors (Lipinski definition) is 2. The number of carbonyl (C=O) groups excluding carboxylic acids is 1. The van der Waals surface area contributed by atoms with Crippen molar-refractivity contribution in [2.75, 3.05) is 5.73 Å². The summed E-state index contributed by atoms with van der Waals surface area (Å²) < 4.78 is 0. The van der Waals surface area contributed by atoms with E-state index in [1.54, 1.807) is 12.1 Å². The molecule has 1 aliphatic rings. The molecule has 0 spiro atoms. The van der Waals surface area contributed by atoms with E-state index >= 15 is 0 Å². The molecular formula is C14H20ClN3O.